The summed E-state index contributed by atoms with van der Waals surface area (Å²) in [6, 6.07) is 17.1. The van der Waals surface area contributed by atoms with Crippen LogP contribution in [0.4, 0.5) is 0 Å². The molecule has 0 aliphatic carbocycles. The highest BCUT2D eigenvalue weighted by molar-refractivity contribution is 7.71. The van der Waals surface area contributed by atoms with Crippen LogP contribution in [-0.2, 0) is 20.3 Å². The van der Waals surface area contributed by atoms with Crippen molar-refractivity contribution in [2.24, 2.45) is 7.05 Å². The van der Waals surface area contributed by atoms with Gasteiger partial charge in [0.25, 0.3) is 0 Å². The van der Waals surface area contributed by atoms with Gasteiger partial charge in [-0.3, -0.25) is 4.90 Å². The number of nitrogens with zero attached hydrogens (tertiary/aromatic N) is 4. The summed E-state index contributed by atoms with van der Waals surface area (Å²) in [4.78, 5) is 2.10. The summed E-state index contributed by atoms with van der Waals surface area (Å²) in [6.07, 6.45) is 0. The van der Waals surface area contributed by atoms with E-state index in [9.17, 15) is 0 Å². The lowest BCUT2D eigenvalue weighted by atomic mass is 10.3. The molecule has 0 aliphatic heterocycles. The minimum atomic E-state index is 0.289. The molecule has 0 aliphatic rings. The molecule has 3 aromatic rings. The molecule has 0 radical (unpaired) electrons. The SMILES string of the molecule is CN(CCOc1ccccc1)Cn1nc(COc2ccccc2Cl)n(C)c1=S. The molecule has 148 valence electrons. The summed E-state index contributed by atoms with van der Waals surface area (Å²) in [5, 5.41) is 5.16. The highest BCUT2D eigenvalue weighted by atomic mass is 35.5. The molecular weight excluding hydrogens is 396 g/mol. The van der Waals surface area contributed by atoms with E-state index in [0.717, 1.165) is 18.1 Å². The highest BCUT2D eigenvalue weighted by Gasteiger charge is 2.11. The third kappa shape index (κ3) is 5.34. The summed E-state index contributed by atoms with van der Waals surface area (Å²) in [5.41, 5.74) is 0. The van der Waals surface area contributed by atoms with Crippen LogP contribution in [0.15, 0.2) is 54.6 Å². The summed E-state index contributed by atoms with van der Waals surface area (Å²) < 4.78 is 15.8. The molecule has 1 heterocycles. The Kier molecular flexibility index (Phi) is 7.08. The van der Waals surface area contributed by atoms with Crippen molar-refractivity contribution < 1.29 is 9.47 Å². The average molecular weight is 419 g/mol. The van der Waals surface area contributed by atoms with Crippen molar-refractivity contribution in [3.63, 3.8) is 0 Å². The monoisotopic (exact) mass is 418 g/mol. The zero-order chi connectivity index (χ0) is 19.9. The van der Waals surface area contributed by atoms with E-state index in [4.69, 9.17) is 33.3 Å². The second kappa shape index (κ2) is 9.73. The normalized spacial score (nSPS) is 11.0. The van der Waals surface area contributed by atoms with E-state index in [1.54, 1.807) is 10.7 Å². The Labute approximate surface area is 174 Å². The molecule has 3 rings (SSSR count). The Morgan fingerprint density at radius 1 is 1.07 bits per heavy atom. The minimum absolute atomic E-state index is 0.289. The van der Waals surface area contributed by atoms with Gasteiger partial charge in [0.05, 0.1) is 11.7 Å². The van der Waals surface area contributed by atoms with Gasteiger partial charge in [0.2, 0.25) is 0 Å². The Morgan fingerprint density at radius 2 is 1.79 bits per heavy atom. The largest absolute Gasteiger partial charge is 0.492 e. The van der Waals surface area contributed by atoms with Crippen molar-refractivity contribution in [3.05, 3.63) is 70.2 Å². The van der Waals surface area contributed by atoms with Crippen LogP contribution in [-0.4, -0.2) is 39.4 Å². The van der Waals surface area contributed by atoms with E-state index in [0.29, 0.717) is 28.8 Å². The van der Waals surface area contributed by atoms with Crippen LogP contribution >= 0.6 is 23.8 Å². The first-order valence-electron chi connectivity index (χ1n) is 8.91. The number of para-hydroxylation sites is 2. The van der Waals surface area contributed by atoms with Crippen molar-refractivity contribution in [1.29, 1.82) is 0 Å². The van der Waals surface area contributed by atoms with Gasteiger partial charge in [0.1, 0.15) is 24.7 Å². The van der Waals surface area contributed by atoms with E-state index in [1.165, 1.54) is 0 Å². The van der Waals surface area contributed by atoms with Crippen molar-refractivity contribution in [2.45, 2.75) is 13.3 Å². The molecule has 0 saturated carbocycles. The highest BCUT2D eigenvalue weighted by Crippen LogP contribution is 2.23. The maximum Gasteiger partial charge on any atom is 0.198 e. The number of hydrogen-bond acceptors (Lipinski definition) is 5. The Hall–Kier alpha value is -2.35. The molecule has 6 nitrogen and oxygen atoms in total. The molecule has 0 spiro atoms. The van der Waals surface area contributed by atoms with Crippen molar-refractivity contribution in [2.75, 3.05) is 20.2 Å². The first kappa shape index (κ1) is 20.4. The topological polar surface area (TPSA) is 44.4 Å². The number of halogens is 1. The molecule has 0 unspecified atom stereocenters. The van der Waals surface area contributed by atoms with Gasteiger partial charge in [-0.15, -0.1) is 0 Å². The average Bonchev–Trinajstić information content (AvgIpc) is 2.96. The van der Waals surface area contributed by atoms with Crippen LogP contribution < -0.4 is 9.47 Å². The van der Waals surface area contributed by atoms with Gasteiger partial charge in [-0.2, -0.15) is 5.10 Å². The van der Waals surface area contributed by atoms with Crippen molar-refractivity contribution in [1.82, 2.24) is 19.2 Å². The molecule has 0 atom stereocenters. The van der Waals surface area contributed by atoms with E-state index in [2.05, 4.69) is 10.00 Å². The van der Waals surface area contributed by atoms with Crippen LogP contribution in [0.25, 0.3) is 0 Å². The third-order valence-corrected chi connectivity index (χ3v) is 4.98. The summed E-state index contributed by atoms with van der Waals surface area (Å²) >= 11 is 11.6. The summed E-state index contributed by atoms with van der Waals surface area (Å²) in [5.74, 6) is 2.23. The lowest BCUT2D eigenvalue weighted by Gasteiger charge is -2.16. The van der Waals surface area contributed by atoms with Crippen LogP contribution in [0.5, 0.6) is 11.5 Å². The lowest BCUT2D eigenvalue weighted by Crippen LogP contribution is -2.27. The molecule has 1 aromatic heterocycles. The van der Waals surface area contributed by atoms with E-state index >= 15 is 0 Å². The van der Waals surface area contributed by atoms with E-state index in [-0.39, 0.29) is 6.61 Å². The Balaban J connectivity index is 1.55. The number of aromatic nitrogens is 3. The van der Waals surface area contributed by atoms with Gasteiger partial charge in [-0.25, -0.2) is 4.68 Å². The molecular formula is C20H23ClN4O2S. The third-order valence-electron chi connectivity index (χ3n) is 4.18. The van der Waals surface area contributed by atoms with Crippen molar-refractivity contribution >= 4 is 23.8 Å². The van der Waals surface area contributed by atoms with Crippen LogP contribution in [0.2, 0.25) is 5.02 Å². The standard InChI is InChI=1S/C20H23ClN4O2S/c1-23(12-13-26-16-8-4-3-5-9-16)15-25-20(28)24(2)19(22-25)14-27-18-11-7-6-10-17(18)21/h3-11H,12-15H2,1-2H3. The Bertz CT molecular complexity index is 958. The number of likely N-dealkylation sites (N-methyl/N-ethyl adjacent to an activating group) is 1. The van der Waals surface area contributed by atoms with Crippen LogP contribution in [0.3, 0.4) is 0 Å². The number of benzene rings is 2. The molecule has 0 amide bonds. The maximum absolute atomic E-state index is 6.13. The lowest BCUT2D eigenvalue weighted by molar-refractivity contribution is 0.197. The number of hydrogen-bond donors (Lipinski definition) is 0. The number of ether oxygens (including phenoxy) is 2. The minimum Gasteiger partial charge on any atom is -0.492 e. The summed E-state index contributed by atoms with van der Waals surface area (Å²) in [7, 11) is 3.89. The fourth-order valence-corrected chi connectivity index (χ4v) is 2.98. The van der Waals surface area contributed by atoms with E-state index < -0.39 is 0 Å². The molecule has 0 bridgehead atoms. The number of rotatable bonds is 9. The smallest absolute Gasteiger partial charge is 0.198 e. The second-order valence-electron chi connectivity index (χ2n) is 6.36. The zero-order valence-corrected chi connectivity index (χ0v) is 17.5. The van der Waals surface area contributed by atoms with E-state index in [1.807, 2.05) is 67.2 Å². The molecule has 0 fully saturated rings. The van der Waals surface area contributed by atoms with Gasteiger partial charge >= 0.3 is 0 Å². The zero-order valence-electron chi connectivity index (χ0n) is 15.9. The molecule has 0 N–H and O–H groups in total. The van der Waals surface area contributed by atoms with Gasteiger partial charge < -0.3 is 14.0 Å². The first-order valence-corrected chi connectivity index (χ1v) is 9.69. The van der Waals surface area contributed by atoms with Crippen LogP contribution in [0, 0.1) is 4.77 Å². The summed E-state index contributed by atoms with van der Waals surface area (Å²) in [6.45, 7) is 2.19. The molecule has 2 aromatic carbocycles. The predicted molar refractivity (Wildman–Crippen MR) is 112 cm³/mol. The molecule has 28 heavy (non-hydrogen) atoms. The van der Waals surface area contributed by atoms with Gasteiger partial charge in [0.15, 0.2) is 10.6 Å². The fourth-order valence-electron chi connectivity index (χ4n) is 2.59. The maximum atomic E-state index is 6.13. The Morgan fingerprint density at radius 3 is 2.54 bits per heavy atom. The van der Waals surface area contributed by atoms with Crippen molar-refractivity contribution in [3.8, 4) is 11.5 Å². The quantitative estimate of drug-likeness (QED) is 0.488. The van der Waals surface area contributed by atoms with Gasteiger partial charge in [-0.05, 0) is 43.5 Å². The fraction of sp³-hybridized carbons (Fsp3) is 0.300. The second-order valence-corrected chi connectivity index (χ2v) is 7.13. The predicted octanol–water partition coefficient (Wildman–Crippen LogP) is 4.15. The molecule has 8 heteroatoms. The molecule has 0 saturated heterocycles. The van der Waals surface area contributed by atoms with Crippen LogP contribution in [0.1, 0.15) is 5.82 Å². The van der Waals surface area contributed by atoms with Gasteiger partial charge in [0, 0.05) is 13.6 Å². The van der Waals surface area contributed by atoms with Gasteiger partial charge in [-0.1, -0.05) is 41.9 Å². The first-order chi connectivity index (χ1) is 13.5.